The maximum absolute atomic E-state index is 8.88. The van der Waals surface area contributed by atoms with Crippen LogP contribution in [0.3, 0.4) is 0 Å². The molecule has 7 heteroatoms. The second-order valence-corrected chi connectivity index (χ2v) is 10.2. The molecule has 0 aliphatic rings. The summed E-state index contributed by atoms with van der Waals surface area (Å²) in [6.45, 7) is 6.58. The monoisotopic (exact) mass is 520 g/mol. The average molecular weight is 521 g/mol. The van der Waals surface area contributed by atoms with Gasteiger partial charge in [-0.25, -0.2) is 4.57 Å². The van der Waals surface area contributed by atoms with Gasteiger partial charge in [-0.15, -0.1) is 0 Å². The molecule has 3 N–H and O–H groups in total. The van der Waals surface area contributed by atoms with Crippen LogP contribution in [-0.2, 0) is 9.30 Å². The fourth-order valence-corrected chi connectivity index (χ4v) is 3.84. The molecule has 0 aliphatic heterocycles. The van der Waals surface area contributed by atoms with Crippen LogP contribution in [0.15, 0.2) is 0 Å². The molecule has 0 aromatic heterocycles. The Labute approximate surface area is 250 Å². The van der Waals surface area contributed by atoms with Crippen LogP contribution in [0.25, 0.3) is 0 Å². The van der Waals surface area contributed by atoms with E-state index in [4.69, 9.17) is 24.0 Å². The molecule has 0 rings (SSSR count). The van der Waals surface area contributed by atoms with Crippen LogP contribution in [0.2, 0.25) is 0 Å². The molecule has 198 valence electrons. The molecule has 0 heterocycles. The van der Waals surface area contributed by atoms with Crippen molar-refractivity contribution in [2.45, 2.75) is 155 Å². The summed E-state index contributed by atoms with van der Waals surface area (Å²) >= 11 is 0. The van der Waals surface area contributed by atoms with Gasteiger partial charge in [-0.3, -0.25) is 0 Å². The van der Waals surface area contributed by atoms with Gasteiger partial charge in [0.25, 0.3) is 0 Å². The predicted octanol–water partition coefficient (Wildman–Crippen LogP) is 5.81. The Bertz CT molecular complexity index is 354. The molecular weight excluding hydrogens is 462 g/mol. The van der Waals surface area contributed by atoms with Gasteiger partial charge in [-0.05, 0) is 12.8 Å². The van der Waals surface area contributed by atoms with Crippen LogP contribution < -0.4 is 51.4 Å². The summed E-state index contributed by atoms with van der Waals surface area (Å²) in [6.07, 6.45) is 31.1. The Morgan fingerprint density at radius 2 is 0.667 bits per heavy atom. The number of rotatable bonds is 24. The molecule has 0 bridgehead atoms. The summed E-state index contributed by atoms with van der Waals surface area (Å²) in [5, 5.41) is 0. The fraction of sp³-hybridized carbons (Fsp3) is 1.00. The topological polar surface area (TPSA) is 87.0 Å². The number of unbranched alkanes of at least 4 members (excludes halogenated alkanes) is 20. The molecule has 0 saturated heterocycles. The van der Waals surface area contributed by atoms with E-state index in [2.05, 4.69) is 13.8 Å². The molecule has 0 fully saturated rings. The summed E-state index contributed by atoms with van der Waals surface area (Å²) in [7, 11) is -4.64. The molecule has 0 spiro atoms. The minimum atomic E-state index is -4.64. The Morgan fingerprint density at radius 1 is 0.485 bits per heavy atom. The maximum Gasteiger partial charge on any atom is 1.00 e. The SMILES string of the molecule is CCCCCCCCCCCCCOCCCCCCCCCCCCC.O=P(O)(O)O.[H-].[K+]. The van der Waals surface area contributed by atoms with Crippen molar-refractivity contribution in [2.75, 3.05) is 13.2 Å². The minimum absolute atomic E-state index is 0. The van der Waals surface area contributed by atoms with Gasteiger partial charge in [0.2, 0.25) is 0 Å². The van der Waals surface area contributed by atoms with Crippen LogP contribution in [0.4, 0.5) is 0 Å². The molecule has 0 aliphatic carbocycles. The maximum atomic E-state index is 8.88. The summed E-state index contributed by atoms with van der Waals surface area (Å²) < 4.78 is 14.7. The zero-order valence-corrected chi connectivity index (χ0v) is 26.6. The molecule has 0 amide bonds. The van der Waals surface area contributed by atoms with Crippen molar-refractivity contribution in [3.05, 3.63) is 0 Å². The Morgan fingerprint density at radius 3 is 0.879 bits per heavy atom. The second kappa shape index (κ2) is 33.7. The van der Waals surface area contributed by atoms with Crippen LogP contribution in [0.1, 0.15) is 157 Å². The van der Waals surface area contributed by atoms with Crippen LogP contribution >= 0.6 is 7.82 Å². The van der Waals surface area contributed by atoms with Crippen LogP contribution in [-0.4, -0.2) is 27.9 Å². The Kier molecular flexibility index (Phi) is 40.1. The van der Waals surface area contributed by atoms with E-state index < -0.39 is 7.82 Å². The van der Waals surface area contributed by atoms with Gasteiger partial charge in [-0.1, -0.05) is 142 Å². The van der Waals surface area contributed by atoms with Crippen LogP contribution in [0, 0.1) is 0 Å². The fourth-order valence-electron chi connectivity index (χ4n) is 3.84. The summed E-state index contributed by atoms with van der Waals surface area (Å²) in [6, 6.07) is 0. The molecule has 5 nitrogen and oxygen atoms in total. The van der Waals surface area contributed by atoms with Gasteiger partial charge >= 0.3 is 59.2 Å². The molecule has 0 aromatic carbocycles. The van der Waals surface area contributed by atoms with Crippen molar-refractivity contribution in [3.63, 3.8) is 0 Å². The van der Waals surface area contributed by atoms with Gasteiger partial charge in [0, 0.05) is 13.2 Å². The van der Waals surface area contributed by atoms with Gasteiger partial charge < -0.3 is 20.8 Å². The number of ether oxygens (including phenoxy) is 1. The molecule has 0 aromatic rings. The van der Waals surface area contributed by atoms with E-state index in [-0.39, 0.29) is 52.8 Å². The predicted molar refractivity (Wildman–Crippen MR) is 139 cm³/mol. The van der Waals surface area contributed by atoms with Gasteiger partial charge in [-0.2, -0.15) is 0 Å². The third kappa shape index (κ3) is 51.3. The van der Waals surface area contributed by atoms with Crippen molar-refractivity contribution >= 4 is 7.82 Å². The van der Waals surface area contributed by atoms with E-state index >= 15 is 0 Å². The summed E-state index contributed by atoms with van der Waals surface area (Å²) in [4.78, 5) is 21.6. The number of phosphoric acid groups is 1. The standard InChI is InChI=1S/C26H54O.K.H3O4P.H/c1-3-5-7-9-11-13-15-17-19-21-23-25-27-26-24-22-20-18-16-14-12-10-8-6-4-2;;1-5(2,3)4;/h3-26H2,1-2H3;;(H3,1,2,3,4);/q;+1;;-1. The smallest absolute Gasteiger partial charge is 1.00 e. The minimum Gasteiger partial charge on any atom is -1.00 e. The quantitative estimate of drug-likeness (QED) is 0.0849. The largest absolute Gasteiger partial charge is 1.00 e. The van der Waals surface area contributed by atoms with Gasteiger partial charge in [0.15, 0.2) is 0 Å². The average Bonchev–Trinajstić information content (AvgIpc) is 2.73. The molecule has 0 unspecified atom stereocenters. The zero-order chi connectivity index (χ0) is 24.2. The molecule has 0 radical (unpaired) electrons. The van der Waals surface area contributed by atoms with Crippen LogP contribution in [0.5, 0.6) is 0 Å². The van der Waals surface area contributed by atoms with Crippen molar-refractivity contribution in [3.8, 4) is 0 Å². The second-order valence-electron chi connectivity index (χ2n) is 9.20. The van der Waals surface area contributed by atoms with Crippen molar-refractivity contribution in [2.24, 2.45) is 0 Å². The Hall–Kier alpha value is 1.71. The third-order valence-electron chi connectivity index (χ3n) is 5.78. The van der Waals surface area contributed by atoms with E-state index in [1.54, 1.807) is 0 Å². The molecular formula is C26H58KO5P. The first-order chi connectivity index (χ1) is 15.4. The van der Waals surface area contributed by atoms with E-state index in [1.807, 2.05) is 0 Å². The van der Waals surface area contributed by atoms with E-state index in [0.29, 0.717) is 0 Å². The number of hydrogen-bond acceptors (Lipinski definition) is 2. The Balaban J connectivity index is -0.000000578. The molecule has 33 heavy (non-hydrogen) atoms. The summed E-state index contributed by atoms with van der Waals surface area (Å²) in [5.74, 6) is 0. The third-order valence-corrected chi connectivity index (χ3v) is 5.78. The van der Waals surface area contributed by atoms with Gasteiger partial charge in [0.1, 0.15) is 0 Å². The first-order valence-electron chi connectivity index (χ1n) is 13.8. The molecule has 0 atom stereocenters. The zero-order valence-electron chi connectivity index (χ0n) is 23.6. The van der Waals surface area contributed by atoms with Crippen molar-refractivity contribution in [1.82, 2.24) is 0 Å². The van der Waals surface area contributed by atoms with Gasteiger partial charge in [0.05, 0.1) is 0 Å². The van der Waals surface area contributed by atoms with E-state index in [0.717, 1.165) is 13.2 Å². The molecule has 0 saturated carbocycles. The van der Waals surface area contributed by atoms with Crippen molar-refractivity contribution < 1.29 is 76.8 Å². The first kappa shape index (κ1) is 39.2. The summed E-state index contributed by atoms with van der Waals surface area (Å²) in [5.41, 5.74) is 0. The van der Waals surface area contributed by atoms with E-state index in [1.165, 1.54) is 141 Å². The van der Waals surface area contributed by atoms with Crippen molar-refractivity contribution in [1.29, 1.82) is 0 Å². The first-order valence-corrected chi connectivity index (χ1v) is 15.3. The number of hydrogen-bond donors (Lipinski definition) is 3. The van der Waals surface area contributed by atoms with E-state index in [9.17, 15) is 0 Å². The normalized spacial score (nSPS) is 11.1.